The van der Waals surface area contributed by atoms with Crippen molar-refractivity contribution in [1.82, 2.24) is 10.1 Å². The van der Waals surface area contributed by atoms with Crippen LogP contribution < -0.4 is 10.1 Å². The van der Waals surface area contributed by atoms with Gasteiger partial charge >= 0.3 is 0 Å². The van der Waals surface area contributed by atoms with Crippen molar-refractivity contribution in [3.05, 3.63) is 60.2 Å². The molecule has 23 heavy (non-hydrogen) atoms. The van der Waals surface area contributed by atoms with Crippen LogP contribution in [-0.4, -0.2) is 32.2 Å². The van der Waals surface area contributed by atoms with Gasteiger partial charge in [0.25, 0.3) is 5.91 Å². The Hall–Kier alpha value is -2.71. The van der Waals surface area contributed by atoms with Crippen LogP contribution >= 0.6 is 0 Å². The van der Waals surface area contributed by atoms with Gasteiger partial charge in [0.05, 0.1) is 17.7 Å². The maximum Gasteiger partial charge on any atom is 0.255 e. The monoisotopic (exact) mass is 333 g/mol. The molecule has 0 spiro atoms. The Labute approximate surface area is 133 Å². The first-order valence-electron chi connectivity index (χ1n) is 6.63. The topological polar surface area (TPSA) is 108 Å². The summed E-state index contributed by atoms with van der Waals surface area (Å²) in [6.45, 7) is -0.426. The summed E-state index contributed by atoms with van der Waals surface area (Å²) in [6.07, 6.45) is 1.38. The van der Waals surface area contributed by atoms with Crippen LogP contribution in [0.2, 0.25) is 0 Å². The first-order valence-corrected chi connectivity index (χ1v) is 8.11. The van der Waals surface area contributed by atoms with Crippen LogP contribution in [0, 0.1) is 0 Å². The SMILES string of the molecule is O=C(CNS(=O)(=O)c1ccccc1)N/N=C\c1ccc(O)cc1. The number of benzene rings is 2. The Morgan fingerprint density at radius 3 is 2.39 bits per heavy atom. The van der Waals surface area contributed by atoms with Gasteiger partial charge in [0.2, 0.25) is 10.0 Å². The van der Waals surface area contributed by atoms with Crippen LogP contribution in [0.5, 0.6) is 5.75 Å². The van der Waals surface area contributed by atoms with Gasteiger partial charge < -0.3 is 5.11 Å². The molecule has 120 valence electrons. The number of carbonyl (C=O) groups is 1. The van der Waals surface area contributed by atoms with E-state index >= 15 is 0 Å². The fourth-order valence-corrected chi connectivity index (χ4v) is 2.63. The number of nitrogens with one attached hydrogen (secondary N) is 2. The molecule has 8 heteroatoms. The Morgan fingerprint density at radius 2 is 1.74 bits per heavy atom. The van der Waals surface area contributed by atoms with E-state index in [-0.39, 0.29) is 10.6 Å². The summed E-state index contributed by atoms with van der Waals surface area (Å²) in [4.78, 5) is 11.7. The van der Waals surface area contributed by atoms with E-state index in [0.717, 1.165) is 0 Å². The van der Waals surface area contributed by atoms with Crippen LogP contribution in [0.25, 0.3) is 0 Å². The number of nitrogens with zero attached hydrogens (tertiary/aromatic N) is 1. The van der Waals surface area contributed by atoms with E-state index in [9.17, 15) is 13.2 Å². The molecule has 2 aromatic rings. The zero-order valence-corrected chi connectivity index (χ0v) is 12.8. The molecule has 0 unspecified atom stereocenters. The molecule has 0 aliphatic heterocycles. The van der Waals surface area contributed by atoms with Crippen molar-refractivity contribution in [3.63, 3.8) is 0 Å². The predicted molar refractivity (Wildman–Crippen MR) is 85.5 cm³/mol. The molecule has 0 bridgehead atoms. The molecule has 2 aromatic carbocycles. The van der Waals surface area contributed by atoms with E-state index in [0.29, 0.717) is 5.56 Å². The number of carbonyl (C=O) groups excluding carboxylic acids is 1. The van der Waals surface area contributed by atoms with Gasteiger partial charge in [-0.25, -0.2) is 18.6 Å². The van der Waals surface area contributed by atoms with Gasteiger partial charge in [-0.15, -0.1) is 0 Å². The van der Waals surface area contributed by atoms with Crippen LogP contribution in [0.3, 0.4) is 0 Å². The zero-order chi connectivity index (χ0) is 16.7. The number of hydrogen-bond donors (Lipinski definition) is 3. The standard InChI is InChI=1S/C15H15N3O4S/c19-13-8-6-12(7-9-13)10-16-18-15(20)11-17-23(21,22)14-4-2-1-3-5-14/h1-10,17,19H,11H2,(H,18,20)/b16-10-. The maximum atomic E-state index is 11.9. The molecule has 0 aliphatic rings. The van der Waals surface area contributed by atoms with Gasteiger partial charge in [0.15, 0.2) is 0 Å². The lowest BCUT2D eigenvalue weighted by Crippen LogP contribution is -2.34. The molecule has 1 amide bonds. The second-order valence-corrected chi connectivity index (χ2v) is 6.29. The highest BCUT2D eigenvalue weighted by Crippen LogP contribution is 2.08. The van der Waals surface area contributed by atoms with E-state index < -0.39 is 22.5 Å². The summed E-state index contributed by atoms with van der Waals surface area (Å²) >= 11 is 0. The third-order valence-corrected chi connectivity index (χ3v) is 4.19. The molecule has 7 nitrogen and oxygen atoms in total. The molecule has 0 radical (unpaired) electrons. The Bertz CT molecular complexity index is 787. The number of phenolic OH excluding ortho intramolecular Hbond substituents is 1. The number of aromatic hydroxyl groups is 1. The first-order chi connectivity index (χ1) is 11.0. The normalized spacial score (nSPS) is 11.5. The second kappa shape index (κ2) is 7.52. The van der Waals surface area contributed by atoms with E-state index in [1.165, 1.54) is 30.5 Å². The maximum absolute atomic E-state index is 11.9. The number of rotatable bonds is 6. The average molecular weight is 333 g/mol. The molecule has 0 atom stereocenters. The third kappa shape index (κ3) is 5.20. The van der Waals surface area contributed by atoms with Crippen LogP contribution in [-0.2, 0) is 14.8 Å². The molecule has 0 heterocycles. The van der Waals surface area contributed by atoms with E-state index in [1.54, 1.807) is 30.3 Å². The fraction of sp³-hybridized carbons (Fsp3) is 0.0667. The van der Waals surface area contributed by atoms with Gasteiger partial charge in [0, 0.05) is 0 Å². The lowest BCUT2D eigenvalue weighted by atomic mass is 10.2. The summed E-state index contributed by atoms with van der Waals surface area (Å²) in [5.74, 6) is -0.471. The van der Waals surface area contributed by atoms with Crippen LogP contribution in [0.1, 0.15) is 5.56 Å². The largest absolute Gasteiger partial charge is 0.508 e. The molecular weight excluding hydrogens is 318 g/mol. The molecule has 3 N–H and O–H groups in total. The molecule has 0 fully saturated rings. The number of hydrogen-bond acceptors (Lipinski definition) is 5. The zero-order valence-electron chi connectivity index (χ0n) is 12.0. The lowest BCUT2D eigenvalue weighted by Gasteiger charge is -2.05. The molecule has 2 rings (SSSR count). The third-order valence-electron chi connectivity index (χ3n) is 2.77. The minimum absolute atomic E-state index is 0.0837. The van der Waals surface area contributed by atoms with Crippen molar-refractivity contribution in [2.24, 2.45) is 5.10 Å². The van der Waals surface area contributed by atoms with E-state index in [1.807, 2.05) is 0 Å². The first kappa shape index (κ1) is 16.7. The van der Waals surface area contributed by atoms with Crippen molar-refractivity contribution < 1.29 is 18.3 Å². The number of phenols is 1. The minimum Gasteiger partial charge on any atom is -0.508 e. The van der Waals surface area contributed by atoms with E-state index in [2.05, 4.69) is 15.2 Å². The predicted octanol–water partition coefficient (Wildman–Crippen LogP) is 0.821. The molecule has 0 aromatic heterocycles. The summed E-state index contributed by atoms with van der Waals surface area (Å²) in [6, 6.07) is 13.9. The molecule has 0 aliphatic carbocycles. The highest BCUT2D eigenvalue weighted by Gasteiger charge is 2.14. The minimum atomic E-state index is -3.73. The summed E-state index contributed by atoms with van der Waals surface area (Å²) in [7, 11) is -3.73. The highest BCUT2D eigenvalue weighted by atomic mass is 32.2. The van der Waals surface area contributed by atoms with Crippen LogP contribution in [0.4, 0.5) is 0 Å². The van der Waals surface area contributed by atoms with Crippen molar-refractivity contribution >= 4 is 22.1 Å². The number of hydrazone groups is 1. The highest BCUT2D eigenvalue weighted by molar-refractivity contribution is 7.89. The summed E-state index contributed by atoms with van der Waals surface area (Å²) < 4.78 is 26.0. The van der Waals surface area contributed by atoms with Gasteiger partial charge in [0.1, 0.15) is 5.75 Å². The smallest absolute Gasteiger partial charge is 0.255 e. The molecule has 0 saturated heterocycles. The van der Waals surface area contributed by atoms with Gasteiger partial charge in [-0.05, 0) is 42.0 Å². The number of sulfonamides is 1. The van der Waals surface area contributed by atoms with Gasteiger partial charge in [-0.2, -0.15) is 5.10 Å². The Kier molecular flexibility index (Phi) is 5.45. The fourth-order valence-electron chi connectivity index (χ4n) is 1.62. The quantitative estimate of drug-likeness (QED) is 0.537. The second-order valence-electron chi connectivity index (χ2n) is 4.52. The molecule has 0 saturated carbocycles. The summed E-state index contributed by atoms with van der Waals surface area (Å²) in [5, 5.41) is 12.8. The Morgan fingerprint density at radius 1 is 1.09 bits per heavy atom. The van der Waals surface area contributed by atoms with Crippen molar-refractivity contribution in [3.8, 4) is 5.75 Å². The van der Waals surface area contributed by atoms with Crippen molar-refractivity contribution in [2.75, 3.05) is 6.54 Å². The Balaban J connectivity index is 1.84. The average Bonchev–Trinajstić information content (AvgIpc) is 2.56. The van der Waals surface area contributed by atoms with Gasteiger partial charge in [-0.3, -0.25) is 4.79 Å². The van der Waals surface area contributed by atoms with Crippen molar-refractivity contribution in [2.45, 2.75) is 4.90 Å². The van der Waals surface area contributed by atoms with Crippen LogP contribution in [0.15, 0.2) is 64.6 Å². The molecular formula is C15H15N3O4S. The lowest BCUT2D eigenvalue weighted by molar-refractivity contribution is -0.119. The van der Waals surface area contributed by atoms with Gasteiger partial charge in [-0.1, -0.05) is 18.2 Å². The van der Waals surface area contributed by atoms with E-state index in [4.69, 9.17) is 5.11 Å². The number of amides is 1. The summed E-state index contributed by atoms with van der Waals surface area (Å²) in [5.41, 5.74) is 2.88. The van der Waals surface area contributed by atoms with Crippen molar-refractivity contribution in [1.29, 1.82) is 0 Å².